The van der Waals surface area contributed by atoms with Crippen LogP contribution < -0.4 is 0 Å². The molecule has 0 radical (unpaired) electrons. The summed E-state index contributed by atoms with van der Waals surface area (Å²) in [5.41, 5.74) is 7.61. The normalized spacial score (nSPS) is 14.6. The summed E-state index contributed by atoms with van der Waals surface area (Å²) in [6.07, 6.45) is 4.64. The van der Waals surface area contributed by atoms with Crippen molar-refractivity contribution < 1.29 is 4.52 Å². The summed E-state index contributed by atoms with van der Waals surface area (Å²) in [4.78, 5) is 0. The van der Waals surface area contributed by atoms with Crippen LogP contribution in [0.5, 0.6) is 0 Å². The molecule has 0 amide bonds. The van der Waals surface area contributed by atoms with Crippen molar-refractivity contribution in [2.45, 2.75) is 46.5 Å². The van der Waals surface area contributed by atoms with Gasteiger partial charge in [-0.15, -0.1) is 0 Å². The van der Waals surface area contributed by atoms with Gasteiger partial charge in [-0.2, -0.15) is 0 Å². The Labute approximate surface area is 108 Å². The predicted molar refractivity (Wildman–Crippen MR) is 72.8 cm³/mol. The minimum atomic E-state index is 1.05. The van der Waals surface area contributed by atoms with Gasteiger partial charge < -0.3 is 4.52 Å². The summed E-state index contributed by atoms with van der Waals surface area (Å²) in [5.74, 6) is 1.11. The third-order valence-electron chi connectivity index (χ3n) is 3.86. The Morgan fingerprint density at radius 1 is 1.00 bits per heavy atom. The first-order valence-corrected chi connectivity index (χ1v) is 6.72. The molecule has 1 aromatic heterocycles. The van der Waals surface area contributed by atoms with Gasteiger partial charge in [0.2, 0.25) is 0 Å². The first kappa shape index (κ1) is 11.5. The quantitative estimate of drug-likeness (QED) is 0.749. The van der Waals surface area contributed by atoms with E-state index in [1.54, 1.807) is 0 Å². The number of hydrogen-bond donors (Lipinski definition) is 0. The van der Waals surface area contributed by atoms with Crippen molar-refractivity contribution in [3.05, 3.63) is 40.1 Å². The van der Waals surface area contributed by atoms with Crippen molar-refractivity contribution in [2.24, 2.45) is 0 Å². The van der Waals surface area contributed by atoms with Crippen molar-refractivity contribution in [1.29, 1.82) is 0 Å². The molecule has 0 unspecified atom stereocenters. The van der Waals surface area contributed by atoms with Crippen molar-refractivity contribution in [3.8, 4) is 11.3 Å². The summed E-state index contributed by atoms with van der Waals surface area (Å²) in [7, 11) is 0. The summed E-state index contributed by atoms with van der Waals surface area (Å²) in [5, 5.41) is 4.34. The molecule has 0 aliphatic heterocycles. The summed E-state index contributed by atoms with van der Waals surface area (Å²) >= 11 is 0. The van der Waals surface area contributed by atoms with Crippen LogP contribution in [0.3, 0.4) is 0 Å². The number of hydrogen-bond acceptors (Lipinski definition) is 2. The van der Waals surface area contributed by atoms with Crippen molar-refractivity contribution >= 4 is 0 Å². The Morgan fingerprint density at radius 3 is 2.39 bits per heavy atom. The monoisotopic (exact) mass is 241 g/mol. The molecule has 1 aromatic carbocycles. The van der Waals surface area contributed by atoms with Crippen LogP contribution in [0.2, 0.25) is 0 Å². The maximum Gasteiger partial charge on any atom is 0.140 e. The number of rotatable bonds is 1. The van der Waals surface area contributed by atoms with Crippen molar-refractivity contribution in [2.75, 3.05) is 0 Å². The second-order valence-corrected chi connectivity index (χ2v) is 5.41. The molecular formula is C16H19NO. The zero-order valence-corrected chi connectivity index (χ0v) is 11.3. The fraction of sp³-hybridized carbons (Fsp3) is 0.438. The molecule has 0 atom stereocenters. The maximum atomic E-state index is 5.53. The van der Waals surface area contributed by atoms with Crippen LogP contribution in [0.25, 0.3) is 11.3 Å². The lowest BCUT2D eigenvalue weighted by molar-refractivity contribution is 0.374. The van der Waals surface area contributed by atoms with E-state index in [-0.39, 0.29) is 0 Å². The van der Waals surface area contributed by atoms with Crippen LogP contribution in [0.4, 0.5) is 0 Å². The van der Waals surface area contributed by atoms with Gasteiger partial charge in [0.25, 0.3) is 0 Å². The molecule has 0 saturated carbocycles. The smallest absolute Gasteiger partial charge is 0.140 e. The summed E-state index contributed by atoms with van der Waals surface area (Å²) in [6.45, 7) is 6.47. The first-order valence-electron chi connectivity index (χ1n) is 6.72. The van der Waals surface area contributed by atoms with Gasteiger partial charge in [-0.05, 0) is 51.2 Å². The number of nitrogens with zero attached hydrogens (tertiary/aromatic N) is 1. The maximum absolute atomic E-state index is 5.53. The Kier molecular flexibility index (Phi) is 2.73. The molecule has 0 spiro atoms. The van der Waals surface area contributed by atoms with Crippen LogP contribution in [-0.4, -0.2) is 5.16 Å². The molecule has 3 rings (SSSR count). The standard InChI is InChI=1S/C16H19NO/c1-10-8-11(2)15(12(3)9-10)16-13-6-4-5-7-14(13)18-17-16/h8-9H,4-7H2,1-3H3. The Hall–Kier alpha value is -1.57. The van der Waals surface area contributed by atoms with Crippen LogP contribution in [-0.2, 0) is 12.8 Å². The molecule has 1 aliphatic carbocycles. The van der Waals surface area contributed by atoms with Gasteiger partial charge in [0, 0.05) is 17.5 Å². The Morgan fingerprint density at radius 2 is 1.67 bits per heavy atom. The van der Waals surface area contributed by atoms with Crippen LogP contribution in [0, 0.1) is 20.8 Å². The average Bonchev–Trinajstić information content (AvgIpc) is 2.72. The lowest BCUT2D eigenvalue weighted by atomic mass is 9.90. The van der Waals surface area contributed by atoms with E-state index in [0.29, 0.717) is 0 Å². The van der Waals surface area contributed by atoms with Gasteiger partial charge in [-0.25, -0.2) is 0 Å². The molecule has 0 saturated heterocycles. The van der Waals surface area contributed by atoms with Crippen LogP contribution in [0.15, 0.2) is 16.7 Å². The Balaban J connectivity index is 2.18. The van der Waals surface area contributed by atoms with Gasteiger partial charge >= 0.3 is 0 Å². The van der Waals surface area contributed by atoms with Gasteiger partial charge in [0.05, 0.1) is 0 Å². The lowest BCUT2D eigenvalue weighted by Gasteiger charge is -2.13. The summed E-state index contributed by atoms with van der Waals surface area (Å²) < 4.78 is 5.53. The van der Waals surface area contributed by atoms with Crippen LogP contribution in [0.1, 0.15) is 40.9 Å². The highest BCUT2D eigenvalue weighted by Crippen LogP contribution is 2.34. The topological polar surface area (TPSA) is 26.0 Å². The number of aromatic nitrogens is 1. The highest BCUT2D eigenvalue weighted by molar-refractivity contribution is 5.71. The SMILES string of the molecule is Cc1cc(C)c(-c2noc3c2CCCC3)c(C)c1. The minimum Gasteiger partial charge on any atom is -0.360 e. The third-order valence-corrected chi connectivity index (χ3v) is 3.86. The van der Waals surface area contributed by atoms with Crippen LogP contribution >= 0.6 is 0 Å². The molecule has 1 heterocycles. The Bertz CT molecular complexity index is 572. The predicted octanol–water partition coefficient (Wildman–Crippen LogP) is 4.15. The molecule has 0 N–H and O–H groups in total. The van der Waals surface area contributed by atoms with E-state index in [9.17, 15) is 0 Å². The first-order chi connectivity index (χ1) is 8.66. The van der Waals surface area contributed by atoms with Gasteiger partial charge in [-0.1, -0.05) is 22.9 Å². The van der Waals surface area contributed by atoms with Gasteiger partial charge in [-0.3, -0.25) is 0 Å². The number of benzene rings is 1. The second-order valence-electron chi connectivity index (χ2n) is 5.41. The minimum absolute atomic E-state index is 1.05. The zero-order chi connectivity index (χ0) is 12.7. The second kappa shape index (κ2) is 4.27. The highest BCUT2D eigenvalue weighted by Gasteiger charge is 2.22. The van der Waals surface area contributed by atoms with E-state index < -0.39 is 0 Å². The molecule has 2 aromatic rings. The highest BCUT2D eigenvalue weighted by atomic mass is 16.5. The molecule has 1 aliphatic rings. The van der Waals surface area contributed by atoms with E-state index in [1.165, 1.54) is 40.7 Å². The zero-order valence-electron chi connectivity index (χ0n) is 11.3. The molecule has 18 heavy (non-hydrogen) atoms. The average molecular weight is 241 g/mol. The number of fused-ring (bicyclic) bond motifs is 1. The largest absolute Gasteiger partial charge is 0.360 e. The van der Waals surface area contributed by atoms with E-state index in [2.05, 4.69) is 38.1 Å². The lowest BCUT2D eigenvalue weighted by Crippen LogP contribution is -2.01. The van der Waals surface area contributed by atoms with E-state index in [1.807, 2.05) is 0 Å². The third kappa shape index (κ3) is 1.76. The van der Waals surface area contributed by atoms with E-state index in [4.69, 9.17) is 4.52 Å². The van der Waals surface area contributed by atoms with E-state index >= 15 is 0 Å². The fourth-order valence-corrected chi connectivity index (χ4v) is 3.13. The molecule has 0 fully saturated rings. The molecule has 0 bridgehead atoms. The number of aryl methyl sites for hydroxylation is 4. The van der Waals surface area contributed by atoms with Crippen molar-refractivity contribution in [1.82, 2.24) is 5.16 Å². The van der Waals surface area contributed by atoms with Crippen molar-refractivity contribution in [3.63, 3.8) is 0 Å². The fourth-order valence-electron chi connectivity index (χ4n) is 3.13. The molecular weight excluding hydrogens is 222 g/mol. The molecule has 94 valence electrons. The van der Waals surface area contributed by atoms with Gasteiger partial charge in [0.15, 0.2) is 0 Å². The molecule has 2 nitrogen and oxygen atoms in total. The summed E-state index contributed by atoms with van der Waals surface area (Å²) in [6, 6.07) is 4.46. The van der Waals surface area contributed by atoms with Gasteiger partial charge in [0.1, 0.15) is 11.5 Å². The van der Waals surface area contributed by atoms with E-state index in [0.717, 1.165) is 24.3 Å². The molecule has 2 heteroatoms.